The fourth-order valence-electron chi connectivity index (χ4n) is 1.38. The van der Waals surface area contributed by atoms with Crippen molar-refractivity contribution in [3.63, 3.8) is 0 Å². The summed E-state index contributed by atoms with van der Waals surface area (Å²) >= 11 is 0. The van der Waals surface area contributed by atoms with Gasteiger partial charge >= 0.3 is 0 Å². The van der Waals surface area contributed by atoms with Gasteiger partial charge in [0, 0.05) is 32.5 Å². The first-order chi connectivity index (χ1) is 6.36. The minimum absolute atomic E-state index is 0.581. The van der Waals surface area contributed by atoms with Gasteiger partial charge in [0.05, 0.1) is 12.1 Å². The van der Waals surface area contributed by atoms with Crippen molar-refractivity contribution in [2.75, 3.05) is 19.6 Å². The van der Waals surface area contributed by atoms with Crippen LogP contribution < -0.4 is 0 Å². The molecule has 0 aromatic heterocycles. The lowest BCUT2D eigenvalue weighted by molar-refractivity contribution is 0.275. The summed E-state index contributed by atoms with van der Waals surface area (Å²) in [5.41, 5.74) is 0. The lowest BCUT2D eigenvalue weighted by Gasteiger charge is -2.18. The Balaban J connectivity index is 2.17. The summed E-state index contributed by atoms with van der Waals surface area (Å²) < 4.78 is 0. The zero-order valence-corrected chi connectivity index (χ0v) is 7.87. The Kier molecular flexibility index (Phi) is 4.29. The summed E-state index contributed by atoms with van der Waals surface area (Å²) in [5, 5.41) is 16.9. The van der Waals surface area contributed by atoms with E-state index in [0.717, 1.165) is 25.6 Å². The molecular formula is C10H15N3. The second-order valence-electron chi connectivity index (χ2n) is 3.56. The van der Waals surface area contributed by atoms with E-state index in [2.05, 4.69) is 17.0 Å². The third-order valence-electron chi connectivity index (χ3n) is 2.29. The first-order valence-electron chi connectivity index (χ1n) is 4.83. The third kappa shape index (κ3) is 4.50. The lowest BCUT2D eigenvalue weighted by Crippen LogP contribution is -2.27. The molecule has 0 aromatic rings. The van der Waals surface area contributed by atoms with Gasteiger partial charge in [-0.1, -0.05) is 0 Å². The maximum atomic E-state index is 8.45. The second kappa shape index (κ2) is 5.56. The molecule has 3 heteroatoms. The fraction of sp³-hybridized carbons (Fsp3) is 0.800. The van der Waals surface area contributed by atoms with Crippen molar-refractivity contribution in [1.29, 1.82) is 10.5 Å². The van der Waals surface area contributed by atoms with Crippen molar-refractivity contribution in [3.8, 4) is 12.1 Å². The van der Waals surface area contributed by atoms with Gasteiger partial charge < -0.3 is 4.90 Å². The first kappa shape index (κ1) is 10.0. The first-order valence-corrected chi connectivity index (χ1v) is 4.83. The number of hydrogen-bond donors (Lipinski definition) is 0. The average Bonchev–Trinajstić information content (AvgIpc) is 2.93. The van der Waals surface area contributed by atoms with Gasteiger partial charge in [-0.3, -0.25) is 0 Å². The summed E-state index contributed by atoms with van der Waals surface area (Å²) in [6, 6.07) is 4.29. The highest BCUT2D eigenvalue weighted by molar-refractivity contribution is 4.81. The van der Waals surface area contributed by atoms with Crippen LogP contribution in [0.3, 0.4) is 0 Å². The maximum absolute atomic E-state index is 8.45. The Morgan fingerprint density at radius 2 is 1.62 bits per heavy atom. The van der Waals surface area contributed by atoms with E-state index in [0.29, 0.717) is 12.8 Å². The van der Waals surface area contributed by atoms with Crippen molar-refractivity contribution in [2.45, 2.75) is 25.7 Å². The van der Waals surface area contributed by atoms with Gasteiger partial charge in [0.15, 0.2) is 0 Å². The Morgan fingerprint density at radius 1 is 1.08 bits per heavy atom. The molecule has 0 atom stereocenters. The maximum Gasteiger partial charge on any atom is 0.0635 e. The van der Waals surface area contributed by atoms with Gasteiger partial charge in [0.25, 0.3) is 0 Å². The van der Waals surface area contributed by atoms with Crippen LogP contribution in [0.1, 0.15) is 25.7 Å². The molecule has 0 N–H and O–H groups in total. The third-order valence-corrected chi connectivity index (χ3v) is 2.29. The number of nitrogens with zero attached hydrogens (tertiary/aromatic N) is 3. The standard InChI is InChI=1S/C10H15N3/c11-5-1-7-13(8-2-6-12)9-10-3-4-10/h10H,1-4,7-9H2. The monoisotopic (exact) mass is 177 g/mol. The van der Waals surface area contributed by atoms with Crippen LogP contribution in [-0.4, -0.2) is 24.5 Å². The van der Waals surface area contributed by atoms with E-state index in [1.165, 1.54) is 12.8 Å². The lowest BCUT2D eigenvalue weighted by atomic mass is 10.3. The molecule has 1 rings (SSSR count). The molecule has 70 valence electrons. The second-order valence-corrected chi connectivity index (χ2v) is 3.56. The van der Waals surface area contributed by atoms with E-state index in [1.807, 2.05) is 0 Å². The molecule has 0 heterocycles. The van der Waals surface area contributed by atoms with E-state index in [4.69, 9.17) is 10.5 Å². The number of nitriles is 2. The van der Waals surface area contributed by atoms with Gasteiger partial charge in [-0.2, -0.15) is 10.5 Å². The average molecular weight is 177 g/mol. The highest BCUT2D eigenvalue weighted by Crippen LogP contribution is 2.29. The van der Waals surface area contributed by atoms with Crippen molar-refractivity contribution in [2.24, 2.45) is 5.92 Å². The molecule has 0 unspecified atom stereocenters. The van der Waals surface area contributed by atoms with Crippen molar-refractivity contribution in [3.05, 3.63) is 0 Å². The largest absolute Gasteiger partial charge is 0.301 e. The Labute approximate surface area is 79.6 Å². The summed E-state index contributed by atoms with van der Waals surface area (Å²) in [5.74, 6) is 0.845. The van der Waals surface area contributed by atoms with Gasteiger partial charge in [-0.15, -0.1) is 0 Å². The Bertz CT molecular complexity index is 201. The Morgan fingerprint density at radius 3 is 2.00 bits per heavy atom. The predicted molar refractivity (Wildman–Crippen MR) is 49.6 cm³/mol. The zero-order chi connectivity index (χ0) is 9.52. The summed E-state index contributed by atoms with van der Waals surface area (Å²) in [6.07, 6.45) is 3.82. The van der Waals surface area contributed by atoms with E-state index in [-0.39, 0.29) is 0 Å². The Hall–Kier alpha value is -1.06. The molecule has 0 amide bonds. The van der Waals surface area contributed by atoms with Gasteiger partial charge in [0.2, 0.25) is 0 Å². The van der Waals surface area contributed by atoms with Crippen molar-refractivity contribution in [1.82, 2.24) is 4.90 Å². The molecule has 13 heavy (non-hydrogen) atoms. The molecular weight excluding hydrogens is 162 g/mol. The minimum Gasteiger partial charge on any atom is -0.301 e. The highest BCUT2D eigenvalue weighted by Gasteiger charge is 2.23. The molecule has 0 aliphatic heterocycles. The smallest absolute Gasteiger partial charge is 0.0635 e. The van der Waals surface area contributed by atoms with Crippen LogP contribution in [0, 0.1) is 28.6 Å². The van der Waals surface area contributed by atoms with Crippen LogP contribution in [0.5, 0.6) is 0 Å². The quantitative estimate of drug-likeness (QED) is 0.618. The molecule has 1 aliphatic rings. The molecule has 1 saturated carbocycles. The number of hydrogen-bond acceptors (Lipinski definition) is 3. The number of rotatable bonds is 6. The van der Waals surface area contributed by atoms with Crippen molar-refractivity contribution < 1.29 is 0 Å². The van der Waals surface area contributed by atoms with Crippen LogP contribution in [0.15, 0.2) is 0 Å². The van der Waals surface area contributed by atoms with Gasteiger partial charge in [-0.25, -0.2) is 0 Å². The summed E-state index contributed by atoms with van der Waals surface area (Å²) in [6.45, 7) is 2.74. The van der Waals surface area contributed by atoms with Crippen LogP contribution in [0.2, 0.25) is 0 Å². The summed E-state index contributed by atoms with van der Waals surface area (Å²) in [7, 11) is 0. The molecule has 0 radical (unpaired) electrons. The van der Waals surface area contributed by atoms with E-state index in [9.17, 15) is 0 Å². The molecule has 0 bridgehead atoms. The molecule has 1 aliphatic carbocycles. The van der Waals surface area contributed by atoms with Crippen LogP contribution in [0.25, 0.3) is 0 Å². The van der Waals surface area contributed by atoms with E-state index >= 15 is 0 Å². The van der Waals surface area contributed by atoms with Crippen molar-refractivity contribution >= 4 is 0 Å². The fourth-order valence-corrected chi connectivity index (χ4v) is 1.38. The highest BCUT2D eigenvalue weighted by atomic mass is 15.1. The zero-order valence-electron chi connectivity index (χ0n) is 7.87. The SMILES string of the molecule is N#CCCN(CCC#N)CC1CC1. The predicted octanol–water partition coefficient (Wildman–Crippen LogP) is 1.53. The van der Waals surface area contributed by atoms with Crippen LogP contribution in [-0.2, 0) is 0 Å². The molecule has 0 saturated heterocycles. The van der Waals surface area contributed by atoms with Crippen LogP contribution >= 0.6 is 0 Å². The molecule has 1 fully saturated rings. The topological polar surface area (TPSA) is 50.8 Å². The minimum atomic E-state index is 0.581. The van der Waals surface area contributed by atoms with E-state index < -0.39 is 0 Å². The van der Waals surface area contributed by atoms with Crippen LogP contribution in [0.4, 0.5) is 0 Å². The summed E-state index contributed by atoms with van der Waals surface area (Å²) in [4.78, 5) is 2.24. The van der Waals surface area contributed by atoms with E-state index in [1.54, 1.807) is 0 Å². The molecule has 0 aromatic carbocycles. The van der Waals surface area contributed by atoms with Gasteiger partial charge in [-0.05, 0) is 18.8 Å². The molecule has 3 nitrogen and oxygen atoms in total. The van der Waals surface area contributed by atoms with Gasteiger partial charge in [0.1, 0.15) is 0 Å². The normalized spacial score (nSPS) is 15.3. The molecule has 0 spiro atoms.